The normalized spacial score (nSPS) is 10.2. The monoisotopic (exact) mass is 256 g/mol. The van der Waals surface area contributed by atoms with Crippen LogP contribution in [0, 0.1) is 0 Å². The molecule has 0 heterocycles. The molecule has 0 saturated heterocycles. The Morgan fingerprint density at radius 3 is 1.75 bits per heavy atom. The zero-order chi connectivity index (χ0) is 11.9. The van der Waals surface area contributed by atoms with Crippen molar-refractivity contribution in [1.82, 2.24) is 6.15 Å². The molecule has 0 atom stereocenters. The molecule has 4 aromatic carbocycles. The summed E-state index contributed by atoms with van der Waals surface area (Å²) in [5, 5.41) is 7.90. The second-order valence-corrected chi connectivity index (χ2v) is 4.71. The van der Waals surface area contributed by atoms with Crippen molar-refractivity contribution in [3.63, 3.8) is 0 Å². The average Bonchev–Trinajstić information content (AvgIpc) is 2.45. The first kappa shape index (κ1) is 14.1. The smallest absolute Gasteiger partial charge is 0 e. The highest BCUT2D eigenvalue weighted by Gasteiger charge is 2.01. The Bertz CT molecular complexity index is 878. The number of hydrogen-bond donors (Lipinski definition) is 1. The summed E-state index contributed by atoms with van der Waals surface area (Å²) >= 11 is 0. The van der Waals surface area contributed by atoms with Gasteiger partial charge in [0.15, 0.2) is 0 Å². The largest absolute Gasteiger partial charge is 0.344 e. The fourth-order valence-corrected chi connectivity index (χ4v) is 2.70. The van der Waals surface area contributed by atoms with E-state index < -0.39 is 0 Å². The molecule has 0 saturated carbocycles. The molecule has 0 spiro atoms. The Morgan fingerprint density at radius 2 is 1.00 bits per heavy atom. The molecule has 4 aromatic rings. The highest BCUT2D eigenvalue weighted by Crippen LogP contribution is 2.29. The maximum absolute atomic E-state index is 2.30. The van der Waals surface area contributed by atoms with Gasteiger partial charge in [0.05, 0.1) is 0 Å². The van der Waals surface area contributed by atoms with Gasteiger partial charge in [0.1, 0.15) is 0 Å². The van der Waals surface area contributed by atoms with Gasteiger partial charge in [-0.15, -0.1) is 0 Å². The van der Waals surface area contributed by atoms with Crippen LogP contribution in [0.25, 0.3) is 32.3 Å². The molecule has 0 fully saturated rings. The van der Waals surface area contributed by atoms with Crippen LogP contribution in [0.15, 0.2) is 72.8 Å². The van der Waals surface area contributed by atoms with Crippen molar-refractivity contribution in [1.29, 1.82) is 0 Å². The van der Waals surface area contributed by atoms with E-state index in [0.717, 1.165) is 0 Å². The van der Waals surface area contributed by atoms with Gasteiger partial charge in [0, 0.05) is 8.41 Å². The minimum absolute atomic E-state index is 0. The first-order valence-corrected chi connectivity index (χ1v) is 6.22. The van der Waals surface area contributed by atoms with E-state index in [0.29, 0.717) is 0 Å². The van der Waals surface area contributed by atoms with Gasteiger partial charge in [0.25, 0.3) is 0 Å². The molecule has 4 rings (SSSR count). The summed E-state index contributed by atoms with van der Waals surface area (Å²) in [7, 11) is 0. The van der Waals surface area contributed by atoms with Gasteiger partial charge in [-0.25, -0.2) is 0 Å². The zero-order valence-electron chi connectivity index (χ0n) is 11.2. The third-order valence-corrected chi connectivity index (χ3v) is 3.61. The summed E-state index contributed by atoms with van der Waals surface area (Å²) in [6, 6.07) is 26.1. The predicted octanol–water partition coefficient (Wildman–Crippen LogP) is 4.93. The third kappa shape index (κ3) is 2.04. The maximum atomic E-state index is 2.30. The summed E-state index contributed by atoms with van der Waals surface area (Å²) < 4.78 is 0. The molecule has 0 aliphatic rings. The molecule has 20 heavy (non-hydrogen) atoms. The van der Waals surface area contributed by atoms with E-state index in [1.54, 1.807) is 0 Å². The summed E-state index contributed by atoms with van der Waals surface area (Å²) in [6.45, 7) is 0. The van der Waals surface area contributed by atoms with Crippen LogP contribution in [0.4, 0.5) is 0 Å². The second-order valence-electron chi connectivity index (χ2n) is 4.71. The number of rotatable bonds is 0. The molecule has 0 aliphatic heterocycles. The van der Waals surface area contributed by atoms with Crippen LogP contribution in [0.3, 0.4) is 0 Å². The molecule has 0 aliphatic carbocycles. The van der Waals surface area contributed by atoms with Gasteiger partial charge in [-0.2, -0.15) is 0 Å². The topological polar surface area (TPSA) is 35.0 Å². The van der Waals surface area contributed by atoms with E-state index in [1.165, 1.54) is 32.3 Å². The van der Waals surface area contributed by atoms with Crippen LogP contribution in [-0.2, 0) is 0 Å². The van der Waals surface area contributed by atoms with Crippen LogP contribution in [0.1, 0.15) is 0 Å². The zero-order valence-corrected chi connectivity index (χ0v) is 11.2. The molecule has 0 amide bonds. The highest BCUT2D eigenvalue weighted by molar-refractivity contribution is 6.11. The second kappa shape index (κ2) is 5.36. The SMILES string of the molecule is N.[B].c1ccc2cc3c(ccc4ccccc43)cc2c1. The van der Waals surface area contributed by atoms with Gasteiger partial charge in [0.2, 0.25) is 0 Å². The van der Waals surface area contributed by atoms with Crippen molar-refractivity contribution in [2.24, 2.45) is 0 Å². The first-order chi connectivity index (χ1) is 8.92. The third-order valence-electron chi connectivity index (χ3n) is 3.61. The van der Waals surface area contributed by atoms with E-state index in [2.05, 4.69) is 72.8 Å². The molecular formula is C18H15BN. The van der Waals surface area contributed by atoms with Gasteiger partial charge in [-0.1, -0.05) is 60.7 Å². The Morgan fingerprint density at radius 1 is 0.450 bits per heavy atom. The maximum Gasteiger partial charge on any atom is 0 e. The molecular weight excluding hydrogens is 241 g/mol. The minimum Gasteiger partial charge on any atom is -0.344 e. The van der Waals surface area contributed by atoms with Gasteiger partial charge >= 0.3 is 0 Å². The minimum atomic E-state index is 0. The van der Waals surface area contributed by atoms with E-state index in [9.17, 15) is 0 Å². The van der Waals surface area contributed by atoms with Crippen molar-refractivity contribution in [2.45, 2.75) is 0 Å². The van der Waals surface area contributed by atoms with Crippen molar-refractivity contribution < 1.29 is 0 Å². The quantitative estimate of drug-likeness (QED) is 0.270. The van der Waals surface area contributed by atoms with Gasteiger partial charge in [-0.05, 0) is 44.5 Å². The summed E-state index contributed by atoms with van der Waals surface area (Å²) in [5.41, 5.74) is 0. The number of fused-ring (bicyclic) bond motifs is 4. The fraction of sp³-hybridized carbons (Fsp3) is 0. The summed E-state index contributed by atoms with van der Waals surface area (Å²) in [6.07, 6.45) is 0. The van der Waals surface area contributed by atoms with Crippen LogP contribution >= 0.6 is 0 Å². The lowest BCUT2D eigenvalue weighted by molar-refractivity contribution is 1.77. The standard InChI is InChI=1S/C18H12.B.H3N/c1-2-7-15-12-18-16(11-14(15)6-1)10-9-13-5-3-4-8-17(13)18;;/h1-12H;;1H3. The summed E-state index contributed by atoms with van der Waals surface area (Å²) in [5.74, 6) is 0. The molecule has 2 heteroatoms. The molecule has 0 unspecified atom stereocenters. The lowest BCUT2D eigenvalue weighted by Crippen LogP contribution is -1.79. The van der Waals surface area contributed by atoms with Crippen LogP contribution in [-0.4, -0.2) is 8.41 Å². The van der Waals surface area contributed by atoms with Crippen LogP contribution in [0.2, 0.25) is 0 Å². The van der Waals surface area contributed by atoms with Crippen LogP contribution in [0.5, 0.6) is 0 Å². The Labute approximate surface area is 120 Å². The van der Waals surface area contributed by atoms with Gasteiger partial charge in [-0.3, -0.25) is 0 Å². The lowest BCUT2D eigenvalue weighted by atomic mass is 9.98. The van der Waals surface area contributed by atoms with Gasteiger partial charge < -0.3 is 6.15 Å². The van der Waals surface area contributed by atoms with E-state index in [1.807, 2.05) is 0 Å². The lowest BCUT2D eigenvalue weighted by Gasteiger charge is -2.06. The number of benzene rings is 4. The predicted molar refractivity (Wildman–Crippen MR) is 89.7 cm³/mol. The molecule has 0 bridgehead atoms. The van der Waals surface area contributed by atoms with Crippen LogP contribution < -0.4 is 6.15 Å². The van der Waals surface area contributed by atoms with E-state index in [-0.39, 0.29) is 14.6 Å². The molecule has 95 valence electrons. The van der Waals surface area contributed by atoms with Crippen molar-refractivity contribution in [3.05, 3.63) is 72.8 Å². The molecule has 3 radical (unpaired) electrons. The fourth-order valence-electron chi connectivity index (χ4n) is 2.70. The molecule has 3 N–H and O–H groups in total. The van der Waals surface area contributed by atoms with Crippen molar-refractivity contribution in [3.8, 4) is 0 Å². The van der Waals surface area contributed by atoms with Crippen molar-refractivity contribution >= 4 is 40.7 Å². The Hall–Kier alpha value is -2.32. The summed E-state index contributed by atoms with van der Waals surface area (Å²) in [4.78, 5) is 0. The molecule has 0 aromatic heterocycles. The highest BCUT2D eigenvalue weighted by atomic mass is 14.1. The number of hydrogen-bond acceptors (Lipinski definition) is 1. The van der Waals surface area contributed by atoms with E-state index >= 15 is 0 Å². The molecule has 1 nitrogen and oxygen atoms in total. The first-order valence-electron chi connectivity index (χ1n) is 6.22. The van der Waals surface area contributed by atoms with Crippen molar-refractivity contribution in [2.75, 3.05) is 0 Å². The van der Waals surface area contributed by atoms with E-state index in [4.69, 9.17) is 0 Å². The Balaban J connectivity index is 0.000000735. The Kier molecular flexibility index (Phi) is 3.78. The average molecular weight is 256 g/mol.